The topological polar surface area (TPSA) is 42.0 Å². The lowest BCUT2D eigenvalue weighted by atomic mass is 10.1. The lowest BCUT2D eigenvalue weighted by Crippen LogP contribution is -2.42. The average Bonchev–Trinajstić information content (AvgIpc) is 2.48. The van der Waals surface area contributed by atoms with Crippen LogP contribution >= 0.6 is 46.6 Å². The molecule has 1 N–H and O–H groups in total. The standard InChI is InChI=1S/C15H13Cl3N2OS/c16-15(17,18)14(22-13-8-4-5-9-19-13)20-12(21)10-11-6-2-1-3-7-11/h1-9,14H,10H2,(H,20,21)/t14-/m0/s1. The van der Waals surface area contributed by atoms with Crippen molar-refractivity contribution in [2.75, 3.05) is 0 Å². The summed E-state index contributed by atoms with van der Waals surface area (Å²) in [5, 5.41) is 2.67. The highest BCUT2D eigenvalue weighted by molar-refractivity contribution is 8.00. The number of hydrogen-bond donors (Lipinski definition) is 1. The molecule has 7 heteroatoms. The van der Waals surface area contributed by atoms with Crippen LogP contribution in [0.5, 0.6) is 0 Å². The molecule has 0 saturated heterocycles. The van der Waals surface area contributed by atoms with Crippen molar-refractivity contribution in [1.29, 1.82) is 0 Å². The van der Waals surface area contributed by atoms with Crippen molar-refractivity contribution < 1.29 is 4.79 Å². The summed E-state index contributed by atoms with van der Waals surface area (Å²) in [5.74, 6) is -0.217. The second-order valence-corrected chi connectivity index (χ2v) is 7.93. The molecule has 0 fully saturated rings. The molecule has 0 bridgehead atoms. The predicted molar refractivity (Wildman–Crippen MR) is 92.5 cm³/mol. The first-order chi connectivity index (χ1) is 10.4. The molecule has 2 rings (SSSR count). The van der Waals surface area contributed by atoms with E-state index in [1.807, 2.05) is 36.4 Å². The van der Waals surface area contributed by atoms with Gasteiger partial charge in [-0.1, -0.05) is 83.0 Å². The molecule has 116 valence electrons. The Morgan fingerprint density at radius 1 is 1.14 bits per heavy atom. The number of alkyl halides is 3. The van der Waals surface area contributed by atoms with Gasteiger partial charge in [-0.25, -0.2) is 4.98 Å². The number of aromatic nitrogens is 1. The van der Waals surface area contributed by atoms with Gasteiger partial charge in [0.25, 0.3) is 0 Å². The van der Waals surface area contributed by atoms with Gasteiger partial charge in [0.2, 0.25) is 9.70 Å². The van der Waals surface area contributed by atoms with E-state index in [0.29, 0.717) is 5.03 Å². The van der Waals surface area contributed by atoms with Gasteiger partial charge in [-0.15, -0.1) is 0 Å². The van der Waals surface area contributed by atoms with E-state index in [4.69, 9.17) is 34.8 Å². The SMILES string of the molecule is O=C(Cc1ccccc1)N[C@@H](Sc1ccccn1)C(Cl)(Cl)Cl. The summed E-state index contributed by atoms with van der Waals surface area (Å²) in [6, 6.07) is 14.8. The molecule has 0 saturated carbocycles. The largest absolute Gasteiger partial charge is 0.340 e. The highest BCUT2D eigenvalue weighted by Crippen LogP contribution is 2.38. The Labute approximate surface area is 148 Å². The molecular formula is C15H13Cl3N2OS. The summed E-state index contributed by atoms with van der Waals surface area (Å²) in [7, 11) is 0. The summed E-state index contributed by atoms with van der Waals surface area (Å²) in [6.07, 6.45) is 1.87. The Morgan fingerprint density at radius 2 is 1.82 bits per heavy atom. The molecule has 0 aliphatic rings. The lowest BCUT2D eigenvalue weighted by molar-refractivity contribution is -0.120. The van der Waals surface area contributed by atoms with Crippen molar-refractivity contribution in [1.82, 2.24) is 10.3 Å². The third-order valence-electron chi connectivity index (χ3n) is 2.67. The number of thioether (sulfide) groups is 1. The van der Waals surface area contributed by atoms with Crippen LogP contribution < -0.4 is 5.32 Å². The first kappa shape index (κ1) is 17.4. The fraction of sp³-hybridized carbons (Fsp3) is 0.200. The first-order valence-corrected chi connectivity index (χ1v) is 8.44. The summed E-state index contributed by atoms with van der Waals surface area (Å²) >= 11 is 19.1. The zero-order valence-electron chi connectivity index (χ0n) is 11.4. The summed E-state index contributed by atoms with van der Waals surface area (Å²) in [4.78, 5) is 16.3. The number of pyridine rings is 1. The monoisotopic (exact) mass is 374 g/mol. The Bertz CT molecular complexity index is 605. The second kappa shape index (κ2) is 8.06. The fourth-order valence-corrected chi connectivity index (χ4v) is 3.10. The minimum absolute atomic E-state index is 0.217. The Kier molecular flexibility index (Phi) is 6.38. The first-order valence-electron chi connectivity index (χ1n) is 6.43. The molecule has 0 unspecified atom stereocenters. The number of rotatable bonds is 5. The van der Waals surface area contributed by atoms with Crippen molar-refractivity contribution >= 4 is 52.5 Å². The van der Waals surface area contributed by atoms with Gasteiger partial charge in [-0.2, -0.15) is 0 Å². The quantitative estimate of drug-likeness (QED) is 0.483. The van der Waals surface area contributed by atoms with Crippen molar-refractivity contribution in [3.05, 3.63) is 60.3 Å². The van der Waals surface area contributed by atoms with E-state index in [1.54, 1.807) is 18.3 Å². The maximum absolute atomic E-state index is 12.1. The number of carbonyl (C=O) groups is 1. The minimum atomic E-state index is -1.64. The molecule has 0 spiro atoms. The van der Waals surface area contributed by atoms with Crippen molar-refractivity contribution in [3.63, 3.8) is 0 Å². The molecule has 1 aromatic carbocycles. The molecule has 0 aliphatic carbocycles. The zero-order chi connectivity index (χ0) is 16.0. The number of carbonyl (C=O) groups excluding carboxylic acids is 1. The van der Waals surface area contributed by atoms with Crippen molar-refractivity contribution in [3.8, 4) is 0 Å². The molecule has 22 heavy (non-hydrogen) atoms. The smallest absolute Gasteiger partial charge is 0.225 e. The van der Waals surface area contributed by atoms with E-state index in [0.717, 1.165) is 5.56 Å². The van der Waals surface area contributed by atoms with Crippen LogP contribution in [-0.4, -0.2) is 20.1 Å². The van der Waals surface area contributed by atoms with Gasteiger partial charge in [0.05, 0.1) is 11.4 Å². The van der Waals surface area contributed by atoms with E-state index >= 15 is 0 Å². The fourth-order valence-electron chi connectivity index (χ4n) is 1.69. The van der Waals surface area contributed by atoms with Gasteiger partial charge in [0, 0.05) is 6.20 Å². The van der Waals surface area contributed by atoms with Crippen LogP contribution in [-0.2, 0) is 11.2 Å². The van der Waals surface area contributed by atoms with E-state index in [-0.39, 0.29) is 12.3 Å². The third kappa shape index (κ3) is 5.69. The summed E-state index contributed by atoms with van der Waals surface area (Å²) < 4.78 is -1.64. The van der Waals surface area contributed by atoms with Crippen molar-refractivity contribution in [2.45, 2.75) is 20.6 Å². The summed E-state index contributed by atoms with van der Waals surface area (Å²) in [5.41, 5.74) is 0.894. The average molecular weight is 376 g/mol. The molecule has 0 radical (unpaired) electrons. The van der Waals surface area contributed by atoms with Crippen LogP contribution in [0.1, 0.15) is 5.56 Å². The van der Waals surface area contributed by atoms with Crippen LogP contribution in [0.4, 0.5) is 0 Å². The normalized spacial score (nSPS) is 12.7. The van der Waals surface area contributed by atoms with Gasteiger partial charge in [0.1, 0.15) is 5.37 Å². The number of amides is 1. The minimum Gasteiger partial charge on any atom is -0.340 e. The zero-order valence-corrected chi connectivity index (χ0v) is 14.5. The maximum atomic E-state index is 12.1. The Morgan fingerprint density at radius 3 is 2.41 bits per heavy atom. The van der Waals surface area contributed by atoms with Gasteiger partial charge >= 0.3 is 0 Å². The van der Waals surface area contributed by atoms with Crippen LogP contribution in [0.25, 0.3) is 0 Å². The summed E-state index contributed by atoms with van der Waals surface area (Å²) in [6.45, 7) is 0. The third-order valence-corrected chi connectivity index (χ3v) is 4.91. The molecule has 2 aromatic rings. The maximum Gasteiger partial charge on any atom is 0.225 e. The van der Waals surface area contributed by atoms with Crippen LogP contribution in [0.2, 0.25) is 0 Å². The number of benzene rings is 1. The number of nitrogens with one attached hydrogen (secondary N) is 1. The van der Waals surface area contributed by atoms with Gasteiger partial charge in [-0.05, 0) is 17.7 Å². The molecule has 1 heterocycles. The highest BCUT2D eigenvalue weighted by atomic mass is 35.6. The van der Waals surface area contributed by atoms with E-state index in [2.05, 4.69) is 10.3 Å². The molecule has 3 nitrogen and oxygen atoms in total. The van der Waals surface area contributed by atoms with E-state index in [9.17, 15) is 4.79 Å². The van der Waals surface area contributed by atoms with Gasteiger partial charge < -0.3 is 5.32 Å². The highest BCUT2D eigenvalue weighted by Gasteiger charge is 2.35. The molecule has 1 amide bonds. The van der Waals surface area contributed by atoms with Gasteiger partial charge in [-0.3, -0.25) is 4.79 Å². The molecule has 0 aliphatic heterocycles. The number of nitrogens with zero attached hydrogens (tertiary/aromatic N) is 1. The lowest BCUT2D eigenvalue weighted by Gasteiger charge is -2.24. The van der Waals surface area contributed by atoms with Gasteiger partial charge in [0.15, 0.2) is 0 Å². The van der Waals surface area contributed by atoms with Crippen LogP contribution in [0.15, 0.2) is 59.8 Å². The number of halogens is 3. The van der Waals surface area contributed by atoms with E-state index in [1.165, 1.54) is 11.8 Å². The Balaban J connectivity index is 2.02. The van der Waals surface area contributed by atoms with E-state index < -0.39 is 9.17 Å². The molecule has 1 aromatic heterocycles. The van der Waals surface area contributed by atoms with Crippen LogP contribution in [0, 0.1) is 0 Å². The molecule has 1 atom stereocenters. The second-order valence-electron chi connectivity index (χ2n) is 4.44. The molecular weight excluding hydrogens is 363 g/mol. The Hall–Kier alpha value is -0.940. The predicted octanol–water partition coefficient (Wildman–Crippen LogP) is 4.23. The van der Waals surface area contributed by atoms with Crippen LogP contribution in [0.3, 0.4) is 0 Å². The number of hydrogen-bond acceptors (Lipinski definition) is 3. The van der Waals surface area contributed by atoms with Crippen molar-refractivity contribution in [2.24, 2.45) is 0 Å².